The van der Waals surface area contributed by atoms with Gasteiger partial charge < -0.3 is 6.16 Å². The summed E-state index contributed by atoms with van der Waals surface area (Å²) in [5, 5.41) is 0. The average Bonchev–Trinajstić information content (AvgIpc) is 1.61. The summed E-state index contributed by atoms with van der Waals surface area (Å²) >= 11 is 0. The molecule has 0 saturated heterocycles. The Morgan fingerprint density at radius 3 is 2.38 bits per heavy atom. The van der Waals surface area contributed by atoms with Gasteiger partial charge >= 0.3 is 35.5 Å². The maximum atomic E-state index is 9.98. The Labute approximate surface area is 73.4 Å². The molecular weight excluding hydrogens is 115 g/mol. The first-order valence-corrected chi connectivity index (χ1v) is 2.40. The zero-order valence-electron chi connectivity index (χ0n) is 6.73. The average molecular weight is 126 g/mol. The predicted molar refractivity (Wildman–Crippen MR) is 28.0 cm³/mol. The van der Waals surface area contributed by atoms with Gasteiger partial charge in [-0.2, -0.15) is 0 Å². The molecule has 0 radical (unpaired) electrons. The van der Waals surface area contributed by atoms with Crippen molar-refractivity contribution < 1.29 is 40.5 Å². The standard InChI is InChI=1S/C5H10O2.Na.H/c1-3-4-7-5(2)6;;/h3-4H2,1-2H3;;/q;+1;-1. The summed E-state index contributed by atoms with van der Waals surface area (Å²) < 4.78 is 4.55. The number of carbonyl (C=O) groups is 1. The third kappa shape index (κ3) is 9.69. The van der Waals surface area contributed by atoms with Crippen molar-refractivity contribution in [2.75, 3.05) is 6.61 Å². The van der Waals surface area contributed by atoms with Crippen molar-refractivity contribution in [2.45, 2.75) is 20.3 Å². The van der Waals surface area contributed by atoms with Crippen molar-refractivity contribution in [3.63, 3.8) is 0 Å². The van der Waals surface area contributed by atoms with Gasteiger partial charge in [-0.25, -0.2) is 0 Å². The molecule has 0 aliphatic heterocycles. The second-order valence-electron chi connectivity index (χ2n) is 1.34. The molecule has 0 heterocycles. The Hall–Kier alpha value is 0.470. The molecule has 0 aliphatic rings. The van der Waals surface area contributed by atoms with Crippen LogP contribution in [-0.4, -0.2) is 12.6 Å². The summed E-state index contributed by atoms with van der Waals surface area (Å²) in [6, 6.07) is 0. The monoisotopic (exact) mass is 126 g/mol. The molecule has 0 N–H and O–H groups in total. The van der Waals surface area contributed by atoms with Gasteiger partial charge in [0.15, 0.2) is 0 Å². The van der Waals surface area contributed by atoms with Crippen LogP contribution in [0.3, 0.4) is 0 Å². The van der Waals surface area contributed by atoms with Gasteiger partial charge in [-0.05, 0) is 6.42 Å². The smallest absolute Gasteiger partial charge is 1.00 e. The Bertz CT molecular complexity index is 68.0. The fourth-order valence-corrected chi connectivity index (χ4v) is 0.246. The predicted octanol–water partition coefficient (Wildman–Crippen LogP) is -1.92. The third-order valence-corrected chi connectivity index (χ3v) is 0.509. The van der Waals surface area contributed by atoms with E-state index < -0.39 is 0 Å². The van der Waals surface area contributed by atoms with Gasteiger partial charge in [-0.1, -0.05) is 6.92 Å². The van der Waals surface area contributed by atoms with Crippen LogP contribution in [0.5, 0.6) is 0 Å². The van der Waals surface area contributed by atoms with Gasteiger partial charge in [0.1, 0.15) is 0 Å². The van der Waals surface area contributed by atoms with Crippen molar-refractivity contribution in [1.82, 2.24) is 0 Å². The molecule has 0 amide bonds. The van der Waals surface area contributed by atoms with E-state index in [9.17, 15) is 4.79 Å². The normalized spacial score (nSPS) is 7.25. The minimum atomic E-state index is -0.193. The summed E-state index contributed by atoms with van der Waals surface area (Å²) in [4.78, 5) is 9.98. The summed E-state index contributed by atoms with van der Waals surface area (Å²) in [5.74, 6) is -0.193. The fourth-order valence-electron chi connectivity index (χ4n) is 0.246. The third-order valence-electron chi connectivity index (χ3n) is 0.509. The van der Waals surface area contributed by atoms with Gasteiger partial charge in [-0.15, -0.1) is 0 Å². The molecule has 3 heteroatoms. The summed E-state index contributed by atoms with van der Waals surface area (Å²) in [6.07, 6.45) is 0.902. The van der Waals surface area contributed by atoms with E-state index in [1.807, 2.05) is 6.92 Å². The zero-order chi connectivity index (χ0) is 5.70. The molecule has 0 aromatic rings. The molecule has 0 aromatic carbocycles. The molecule has 0 saturated carbocycles. The van der Waals surface area contributed by atoms with Crippen LogP contribution in [0.2, 0.25) is 0 Å². The van der Waals surface area contributed by atoms with E-state index in [0.29, 0.717) is 6.61 Å². The van der Waals surface area contributed by atoms with E-state index in [0.717, 1.165) is 6.42 Å². The van der Waals surface area contributed by atoms with Crippen LogP contribution in [0.25, 0.3) is 0 Å². The van der Waals surface area contributed by atoms with Crippen LogP contribution in [0.15, 0.2) is 0 Å². The van der Waals surface area contributed by atoms with Crippen LogP contribution in [-0.2, 0) is 9.53 Å². The van der Waals surface area contributed by atoms with Crippen molar-refractivity contribution in [1.29, 1.82) is 0 Å². The van der Waals surface area contributed by atoms with E-state index in [4.69, 9.17) is 0 Å². The zero-order valence-corrected chi connectivity index (χ0v) is 7.73. The van der Waals surface area contributed by atoms with Crippen molar-refractivity contribution in [3.8, 4) is 0 Å². The maximum Gasteiger partial charge on any atom is 1.00 e. The SMILES string of the molecule is CCCOC(C)=O.[H-].[Na+]. The summed E-state index contributed by atoms with van der Waals surface area (Å²) in [7, 11) is 0. The van der Waals surface area contributed by atoms with Gasteiger partial charge in [-0.3, -0.25) is 4.79 Å². The Balaban J connectivity index is -0.000000180. The summed E-state index contributed by atoms with van der Waals surface area (Å²) in [6.45, 7) is 3.92. The first-order valence-electron chi connectivity index (χ1n) is 2.40. The molecule has 0 aliphatic carbocycles. The number of ether oxygens (including phenoxy) is 1. The Morgan fingerprint density at radius 2 is 2.25 bits per heavy atom. The van der Waals surface area contributed by atoms with E-state index >= 15 is 0 Å². The van der Waals surface area contributed by atoms with E-state index in [1.165, 1.54) is 6.92 Å². The van der Waals surface area contributed by atoms with Crippen molar-refractivity contribution in [2.24, 2.45) is 0 Å². The van der Waals surface area contributed by atoms with Crippen LogP contribution in [0.1, 0.15) is 21.7 Å². The quantitative estimate of drug-likeness (QED) is 0.318. The number of esters is 1. The van der Waals surface area contributed by atoms with Gasteiger partial charge in [0, 0.05) is 6.92 Å². The second kappa shape index (κ2) is 7.47. The first-order chi connectivity index (χ1) is 3.27. The largest absolute Gasteiger partial charge is 1.00 e. The maximum absolute atomic E-state index is 9.98. The van der Waals surface area contributed by atoms with E-state index in [1.54, 1.807) is 0 Å². The molecule has 0 unspecified atom stereocenters. The minimum Gasteiger partial charge on any atom is -1.00 e. The van der Waals surface area contributed by atoms with Crippen molar-refractivity contribution >= 4 is 5.97 Å². The van der Waals surface area contributed by atoms with E-state index in [-0.39, 0.29) is 37.0 Å². The van der Waals surface area contributed by atoms with E-state index in [2.05, 4.69) is 4.74 Å². The van der Waals surface area contributed by atoms with Crippen LogP contribution >= 0.6 is 0 Å². The molecule has 2 nitrogen and oxygen atoms in total. The van der Waals surface area contributed by atoms with Gasteiger partial charge in [0.2, 0.25) is 0 Å². The molecule has 0 spiro atoms. The molecular formula is C5H11NaO2. The molecule has 44 valence electrons. The molecule has 8 heavy (non-hydrogen) atoms. The van der Waals surface area contributed by atoms with Gasteiger partial charge in [0.25, 0.3) is 0 Å². The Kier molecular flexibility index (Phi) is 10.5. The Morgan fingerprint density at radius 1 is 1.75 bits per heavy atom. The number of hydrogen-bond acceptors (Lipinski definition) is 2. The molecule has 0 rings (SSSR count). The number of rotatable bonds is 2. The minimum absolute atomic E-state index is 0. The fraction of sp³-hybridized carbons (Fsp3) is 0.800. The second-order valence-corrected chi connectivity index (χ2v) is 1.34. The molecule has 0 atom stereocenters. The van der Waals surface area contributed by atoms with Crippen LogP contribution < -0.4 is 29.6 Å². The first kappa shape index (κ1) is 11.3. The molecule has 0 bridgehead atoms. The van der Waals surface area contributed by atoms with Crippen LogP contribution in [0, 0.1) is 0 Å². The number of carbonyl (C=O) groups excluding carboxylic acids is 1. The molecule has 0 fully saturated rings. The van der Waals surface area contributed by atoms with Gasteiger partial charge in [0.05, 0.1) is 6.61 Å². The number of hydrogen-bond donors (Lipinski definition) is 0. The van der Waals surface area contributed by atoms with Crippen molar-refractivity contribution in [3.05, 3.63) is 0 Å². The van der Waals surface area contributed by atoms with Crippen LogP contribution in [0.4, 0.5) is 0 Å². The molecule has 0 aromatic heterocycles. The topological polar surface area (TPSA) is 26.3 Å². The summed E-state index contributed by atoms with van der Waals surface area (Å²) in [5.41, 5.74) is 0.